The van der Waals surface area contributed by atoms with Gasteiger partial charge in [-0.1, -0.05) is 29.3 Å². The molecule has 0 bridgehead atoms. The molecule has 27 heavy (non-hydrogen) atoms. The Hall–Kier alpha value is -2.07. The molecule has 142 valence electrons. The number of hydrazine groups is 1. The lowest BCUT2D eigenvalue weighted by Gasteiger charge is -2.16. The molecule has 0 aliphatic rings. The van der Waals surface area contributed by atoms with E-state index >= 15 is 0 Å². The largest absolute Gasteiger partial charge is 0.507 e. The molecule has 0 saturated carbocycles. The summed E-state index contributed by atoms with van der Waals surface area (Å²) in [5, 5.41) is 21.6. The van der Waals surface area contributed by atoms with Gasteiger partial charge >= 0.3 is 0 Å². The number of aliphatic hydroxyl groups is 1. The van der Waals surface area contributed by atoms with E-state index in [4.69, 9.17) is 27.8 Å². The summed E-state index contributed by atoms with van der Waals surface area (Å²) in [5.41, 5.74) is 6.39. The van der Waals surface area contributed by atoms with Crippen LogP contribution in [0.15, 0.2) is 53.4 Å². The Morgan fingerprint density at radius 1 is 0.963 bits per heavy atom. The van der Waals surface area contributed by atoms with E-state index in [-0.39, 0.29) is 5.75 Å². The summed E-state index contributed by atoms with van der Waals surface area (Å²) in [4.78, 5) is -0.423. The van der Waals surface area contributed by atoms with Crippen LogP contribution in [0.1, 0.15) is 11.8 Å². The molecule has 5 N–H and O–H groups in total. The Balaban J connectivity index is 1.83. The van der Waals surface area contributed by atoms with Crippen LogP contribution in [0.3, 0.4) is 0 Å². The van der Waals surface area contributed by atoms with Gasteiger partial charge in [-0.15, -0.1) is 0 Å². The molecule has 10 heteroatoms. The minimum atomic E-state index is -4.46. The highest BCUT2D eigenvalue weighted by Crippen LogP contribution is 2.30. The van der Waals surface area contributed by atoms with Gasteiger partial charge in [0, 0.05) is 17.1 Å². The number of hydrogen-bond acceptors (Lipinski definition) is 6. The van der Waals surface area contributed by atoms with Crippen molar-refractivity contribution in [3.63, 3.8) is 0 Å². The van der Waals surface area contributed by atoms with Gasteiger partial charge in [0.05, 0.1) is 14.9 Å². The quantitative estimate of drug-likeness (QED) is 0.238. The van der Waals surface area contributed by atoms with Crippen LogP contribution in [0.5, 0.6) is 5.75 Å². The Labute approximate surface area is 164 Å². The topological polar surface area (TPSA) is 119 Å². The van der Waals surface area contributed by atoms with Gasteiger partial charge in [-0.25, -0.2) is 5.43 Å². The van der Waals surface area contributed by atoms with E-state index in [9.17, 15) is 18.6 Å². The Kier molecular flexibility index (Phi) is 5.48. The van der Waals surface area contributed by atoms with E-state index in [1.165, 1.54) is 18.2 Å². The normalized spacial score (nSPS) is 12.9. The lowest BCUT2D eigenvalue weighted by molar-refractivity contribution is 0.149. The van der Waals surface area contributed by atoms with Gasteiger partial charge in [-0.05, 0) is 47.3 Å². The standard InChI is InChI=1S/C17H14Cl2N2O5S/c18-14-4-1-9(7-15(14)19)17(23)21-20-11-2-3-13-10(5-11)6-12(8-16(13)22)27(24,25)26/h1-8,17,20-23H,(H,24,25,26). The van der Waals surface area contributed by atoms with Gasteiger partial charge in [0.25, 0.3) is 10.1 Å². The molecule has 1 atom stereocenters. The summed E-state index contributed by atoms with van der Waals surface area (Å²) in [6.45, 7) is 0. The molecule has 0 radical (unpaired) electrons. The predicted molar refractivity (Wildman–Crippen MR) is 104 cm³/mol. The lowest BCUT2D eigenvalue weighted by atomic mass is 10.1. The summed E-state index contributed by atoms with van der Waals surface area (Å²) in [5.74, 6) is -0.282. The second kappa shape index (κ2) is 7.51. The van der Waals surface area contributed by atoms with Gasteiger partial charge in [-0.3, -0.25) is 4.55 Å². The zero-order valence-electron chi connectivity index (χ0n) is 13.5. The third-order valence-electron chi connectivity index (χ3n) is 3.81. The average molecular weight is 429 g/mol. The van der Waals surface area contributed by atoms with Gasteiger partial charge in [0.1, 0.15) is 12.0 Å². The monoisotopic (exact) mass is 428 g/mol. The van der Waals surface area contributed by atoms with E-state index in [1.807, 2.05) is 0 Å². The Bertz CT molecular complexity index is 1120. The van der Waals surface area contributed by atoms with Crippen molar-refractivity contribution in [1.82, 2.24) is 5.43 Å². The number of nitrogens with one attached hydrogen (secondary N) is 2. The fraction of sp³-hybridized carbons (Fsp3) is 0.0588. The molecule has 0 aromatic heterocycles. The van der Waals surface area contributed by atoms with E-state index in [1.54, 1.807) is 24.3 Å². The maximum absolute atomic E-state index is 11.3. The molecule has 0 heterocycles. The molecule has 0 aliphatic carbocycles. The number of rotatable bonds is 5. The third kappa shape index (κ3) is 4.44. The molecule has 0 aliphatic heterocycles. The maximum atomic E-state index is 11.3. The highest BCUT2D eigenvalue weighted by Gasteiger charge is 2.14. The maximum Gasteiger partial charge on any atom is 0.294 e. The van der Waals surface area contributed by atoms with Crippen molar-refractivity contribution >= 4 is 49.8 Å². The second-order valence-corrected chi connectivity index (χ2v) is 7.93. The number of phenolic OH excluding ortho intramolecular Hbond substituents is 1. The first-order valence-electron chi connectivity index (χ1n) is 7.54. The molecule has 3 aromatic rings. The van der Waals surface area contributed by atoms with E-state index in [0.29, 0.717) is 32.1 Å². The second-order valence-electron chi connectivity index (χ2n) is 5.70. The van der Waals surface area contributed by atoms with Crippen molar-refractivity contribution in [2.24, 2.45) is 0 Å². The van der Waals surface area contributed by atoms with Gasteiger partial charge in [0.2, 0.25) is 0 Å². The van der Waals surface area contributed by atoms with Crippen molar-refractivity contribution in [3.8, 4) is 5.75 Å². The van der Waals surface area contributed by atoms with Crippen molar-refractivity contribution in [2.45, 2.75) is 11.1 Å². The Morgan fingerprint density at radius 3 is 2.37 bits per heavy atom. The number of phenols is 1. The first-order chi connectivity index (χ1) is 12.6. The molecule has 0 spiro atoms. The van der Waals surface area contributed by atoms with Crippen LogP contribution >= 0.6 is 23.2 Å². The lowest BCUT2D eigenvalue weighted by Crippen LogP contribution is -2.27. The summed E-state index contributed by atoms with van der Waals surface area (Å²) in [6.07, 6.45) is -1.10. The van der Waals surface area contributed by atoms with E-state index in [2.05, 4.69) is 10.9 Å². The van der Waals surface area contributed by atoms with Crippen molar-refractivity contribution < 1.29 is 23.2 Å². The molecular formula is C17H14Cl2N2O5S. The molecule has 0 amide bonds. The van der Waals surface area contributed by atoms with E-state index < -0.39 is 21.2 Å². The summed E-state index contributed by atoms with van der Waals surface area (Å²) in [7, 11) is -4.46. The van der Waals surface area contributed by atoms with Gasteiger partial charge < -0.3 is 15.6 Å². The first-order valence-corrected chi connectivity index (χ1v) is 9.73. The van der Waals surface area contributed by atoms with Crippen LogP contribution in [0.2, 0.25) is 10.0 Å². The molecule has 0 saturated heterocycles. The number of hydrogen-bond donors (Lipinski definition) is 5. The van der Waals surface area contributed by atoms with Crippen molar-refractivity contribution in [2.75, 3.05) is 5.43 Å². The number of fused-ring (bicyclic) bond motifs is 1. The van der Waals surface area contributed by atoms with Gasteiger partial charge in [-0.2, -0.15) is 8.42 Å². The fourth-order valence-electron chi connectivity index (χ4n) is 2.47. The molecule has 1 unspecified atom stereocenters. The zero-order chi connectivity index (χ0) is 19.8. The van der Waals surface area contributed by atoms with Crippen LogP contribution in [0.25, 0.3) is 10.8 Å². The molecule has 7 nitrogen and oxygen atoms in total. The van der Waals surface area contributed by atoms with Crippen molar-refractivity contribution in [1.29, 1.82) is 0 Å². The van der Waals surface area contributed by atoms with Crippen molar-refractivity contribution in [3.05, 3.63) is 64.1 Å². The SMILES string of the molecule is O=S(=O)(O)c1cc(O)c2ccc(NNC(O)c3ccc(Cl)c(Cl)c3)cc2c1. The molecule has 0 fully saturated rings. The fourth-order valence-corrected chi connectivity index (χ4v) is 3.31. The smallest absolute Gasteiger partial charge is 0.294 e. The molecule has 3 rings (SSSR count). The van der Waals surface area contributed by atoms with Crippen LogP contribution in [-0.2, 0) is 10.1 Å². The highest BCUT2D eigenvalue weighted by atomic mass is 35.5. The number of aliphatic hydroxyl groups excluding tert-OH is 1. The number of benzene rings is 3. The minimum absolute atomic E-state index is 0.282. The summed E-state index contributed by atoms with van der Waals surface area (Å²) < 4.78 is 31.8. The average Bonchev–Trinajstić information content (AvgIpc) is 2.61. The first kappa shape index (κ1) is 19.7. The van der Waals surface area contributed by atoms with Crippen LogP contribution in [0, 0.1) is 0 Å². The number of aromatic hydroxyl groups is 1. The summed E-state index contributed by atoms with van der Waals surface area (Å²) in [6, 6.07) is 11.6. The van der Waals surface area contributed by atoms with Crippen LogP contribution < -0.4 is 10.9 Å². The van der Waals surface area contributed by atoms with Gasteiger partial charge in [0.15, 0.2) is 0 Å². The Morgan fingerprint density at radius 2 is 1.70 bits per heavy atom. The third-order valence-corrected chi connectivity index (χ3v) is 5.39. The molecule has 3 aromatic carbocycles. The predicted octanol–water partition coefficient (Wildman–Crippen LogP) is 3.71. The highest BCUT2D eigenvalue weighted by molar-refractivity contribution is 7.85. The van der Waals surface area contributed by atoms with Crippen LogP contribution in [-0.4, -0.2) is 23.2 Å². The zero-order valence-corrected chi connectivity index (χ0v) is 15.8. The molecular weight excluding hydrogens is 415 g/mol. The van der Waals surface area contributed by atoms with E-state index in [0.717, 1.165) is 6.07 Å². The minimum Gasteiger partial charge on any atom is -0.507 e. The summed E-state index contributed by atoms with van der Waals surface area (Å²) >= 11 is 11.8. The number of halogens is 2. The van der Waals surface area contributed by atoms with Crippen LogP contribution in [0.4, 0.5) is 5.69 Å². The number of anilines is 1.